The summed E-state index contributed by atoms with van der Waals surface area (Å²) in [5.74, 6) is -0.227. The number of carbonyl (C=O) groups excluding carboxylic acids is 1. The number of carbonyl (C=O) groups is 1. The van der Waals surface area contributed by atoms with Crippen LogP contribution in [0.25, 0.3) is 0 Å². The lowest BCUT2D eigenvalue weighted by Crippen LogP contribution is -2.46. The molecule has 1 amide bonds. The van der Waals surface area contributed by atoms with Crippen LogP contribution in [0.15, 0.2) is 42.5 Å². The molecular formula is C22H26N4O3. The summed E-state index contributed by atoms with van der Waals surface area (Å²) in [6, 6.07) is 13.4. The molecule has 7 heteroatoms. The number of hydrogen-bond acceptors (Lipinski definition) is 5. The predicted molar refractivity (Wildman–Crippen MR) is 114 cm³/mol. The van der Waals surface area contributed by atoms with E-state index >= 15 is 0 Å². The van der Waals surface area contributed by atoms with Crippen LogP contribution in [0.2, 0.25) is 0 Å². The van der Waals surface area contributed by atoms with Gasteiger partial charge in [-0.2, -0.15) is 0 Å². The largest absolute Gasteiger partial charge is 0.368 e. The van der Waals surface area contributed by atoms with Crippen LogP contribution < -0.4 is 9.80 Å². The lowest BCUT2D eigenvalue weighted by atomic mass is 10.1. The summed E-state index contributed by atoms with van der Waals surface area (Å²) in [4.78, 5) is 30.2. The van der Waals surface area contributed by atoms with Crippen LogP contribution >= 0.6 is 0 Å². The number of aryl methyl sites for hydroxylation is 1. The van der Waals surface area contributed by atoms with E-state index in [0.717, 1.165) is 44.7 Å². The molecule has 0 saturated carbocycles. The molecule has 4 rings (SSSR count). The molecule has 7 nitrogen and oxygen atoms in total. The fourth-order valence-electron chi connectivity index (χ4n) is 4.19. The van der Waals surface area contributed by atoms with Crippen molar-refractivity contribution in [3.05, 3.63) is 63.7 Å². The van der Waals surface area contributed by atoms with Crippen molar-refractivity contribution in [3.8, 4) is 0 Å². The molecule has 29 heavy (non-hydrogen) atoms. The summed E-state index contributed by atoms with van der Waals surface area (Å²) in [6.07, 6.45) is 1.92. The number of amides is 1. The van der Waals surface area contributed by atoms with Gasteiger partial charge in [0.2, 0.25) is 0 Å². The van der Waals surface area contributed by atoms with E-state index in [4.69, 9.17) is 0 Å². The third kappa shape index (κ3) is 4.04. The minimum atomic E-state index is -0.456. The molecule has 0 radical (unpaired) electrons. The summed E-state index contributed by atoms with van der Waals surface area (Å²) in [6.45, 7) is 6.80. The van der Waals surface area contributed by atoms with Gasteiger partial charge >= 0.3 is 0 Å². The highest BCUT2D eigenvalue weighted by Crippen LogP contribution is 2.29. The van der Waals surface area contributed by atoms with E-state index in [9.17, 15) is 14.9 Å². The van der Waals surface area contributed by atoms with Crippen molar-refractivity contribution in [2.24, 2.45) is 0 Å². The van der Waals surface area contributed by atoms with Gasteiger partial charge in [-0.3, -0.25) is 14.9 Å². The van der Waals surface area contributed by atoms with E-state index in [1.54, 1.807) is 17.0 Å². The lowest BCUT2D eigenvalue weighted by molar-refractivity contribution is -0.385. The number of likely N-dealkylation sites (tertiary alicyclic amines) is 1. The van der Waals surface area contributed by atoms with Gasteiger partial charge in [-0.15, -0.1) is 0 Å². The van der Waals surface area contributed by atoms with Crippen LogP contribution in [0.5, 0.6) is 0 Å². The van der Waals surface area contributed by atoms with Gasteiger partial charge in [0.25, 0.3) is 11.6 Å². The summed E-state index contributed by atoms with van der Waals surface area (Å²) in [5.41, 5.74) is 3.44. The molecule has 0 spiro atoms. The molecule has 0 aromatic heterocycles. The van der Waals surface area contributed by atoms with Crippen molar-refractivity contribution in [1.82, 2.24) is 4.90 Å². The highest BCUT2D eigenvalue weighted by atomic mass is 16.6. The van der Waals surface area contributed by atoms with Crippen LogP contribution in [-0.4, -0.2) is 55.0 Å². The molecular weight excluding hydrogens is 368 g/mol. The van der Waals surface area contributed by atoms with Gasteiger partial charge in [-0.05, 0) is 49.6 Å². The van der Waals surface area contributed by atoms with E-state index in [2.05, 4.69) is 41.0 Å². The maximum atomic E-state index is 12.9. The third-order valence-electron chi connectivity index (χ3n) is 5.81. The van der Waals surface area contributed by atoms with Crippen molar-refractivity contribution < 1.29 is 9.72 Å². The second kappa shape index (κ2) is 8.11. The Kier molecular flexibility index (Phi) is 5.38. The summed E-state index contributed by atoms with van der Waals surface area (Å²) >= 11 is 0. The van der Waals surface area contributed by atoms with E-state index in [1.807, 2.05) is 0 Å². The van der Waals surface area contributed by atoms with Crippen molar-refractivity contribution in [1.29, 1.82) is 0 Å². The first-order chi connectivity index (χ1) is 14.0. The Morgan fingerprint density at radius 1 is 0.897 bits per heavy atom. The zero-order chi connectivity index (χ0) is 20.4. The number of nitrogens with zero attached hydrogens (tertiary/aromatic N) is 4. The first-order valence-electron chi connectivity index (χ1n) is 10.2. The number of benzene rings is 2. The van der Waals surface area contributed by atoms with Crippen LogP contribution in [0.4, 0.5) is 17.1 Å². The second-order valence-corrected chi connectivity index (χ2v) is 7.77. The third-order valence-corrected chi connectivity index (χ3v) is 5.81. The Balaban J connectivity index is 1.52. The normalized spacial score (nSPS) is 16.9. The first-order valence-corrected chi connectivity index (χ1v) is 10.2. The SMILES string of the molecule is Cc1cccc(N2CCN(c3ccc([N+](=O)[O-])c(C(=O)N4CCCC4)c3)CC2)c1. The second-order valence-electron chi connectivity index (χ2n) is 7.77. The van der Waals surface area contributed by atoms with Crippen LogP contribution in [0.1, 0.15) is 28.8 Å². The molecule has 2 aliphatic heterocycles. The van der Waals surface area contributed by atoms with Crippen LogP contribution in [0, 0.1) is 17.0 Å². The minimum absolute atomic E-state index is 0.107. The van der Waals surface area contributed by atoms with Gasteiger partial charge in [-0.25, -0.2) is 0 Å². The number of rotatable bonds is 4. The highest BCUT2D eigenvalue weighted by Gasteiger charge is 2.28. The lowest BCUT2D eigenvalue weighted by Gasteiger charge is -2.37. The molecule has 0 aliphatic carbocycles. The van der Waals surface area contributed by atoms with Crippen molar-refractivity contribution in [3.63, 3.8) is 0 Å². The fourth-order valence-corrected chi connectivity index (χ4v) is 4.19. The number of nitro benzene ring substituents is 1. The Morgan fingerprint density at radius 2 is 1.52 bits per heavy atom. The average Bonchev–Trinajstić information content (AvgIpc) is 3.28. The molecule has 2 aromatic carbocycles. The molecule has 0 atom stereocenters. The molecule has 0 N–H and O–H groups in total. The van der Waals surface area contributed by atoms with Gasteiger partial charge in [0.05, 0.1) is 4.92 Å². The van der Waals surface area contributed by atoms with Gasteiger partial charge in [0.1, 0.15) is 5.56 Å². The van der Waals surface area contributed by atoms with E-state index in [-0.39, 0.29) is 17.2 Å². The highest BCUT2D eigenvalue weighted by molar-refractivity contribution is 5.99. The maximum Gasteiger partial charge on any atom is 0.282 e. The van der Waals surface area contributed by atoms with E-state index in [1.165, 1.54) is 17.3 Å². The van der Waals surface area contributed by atoms with Gasteiger partial charge in [0, 0.05) is 56.7 Å². The maximum absolute atomic E-state index is 12.9. The predicted octanol–water partition coefficient (Wildman–Crippen LogP) is 3.47. The quantitative estimate of drug-likeness (QED) is 0.587. The van der Waals surface area contributed by atoms with Crippen molar-refractivity contribution >= 4 is 23.0 Å². The summed E-state index contributed by atoms with van der Waals surface area (Å²) < 4.78 is 0. The first kappa shape index (κ1) is 19.2. The number of anilines is 2. The monoisotopic (exact) mass is 394 g/mol. The summed E-state index contributed by atoms with van der Waals surface area (Å²) in [5, 5.41) is 11.5. The average molecular weight is 394 g/mol. The molecule has 2 aromatic rings. The van der Waals surface area contributed by atoms with E-state index in [0.29, 0.717) is 13.1 Å². The minimum Gasteiger partial charge on any atom is -0.368 e. The Hall–Kier alpha value is -3.09. The molecule has 2 fully saturated rings. The zero-order valence-electron chi connectivity index (χ0n) is 16.7. The van der Waals surface area contributed by atoms with Gasteiger partial charge < -0.3 is 14.7 Å². The van der Waals surface area contributed by atoms with Crippen LogP contribution in [0.3, 0.4) is 0 Å². The van der Waals surface area contributed by atoms with Gasteiger partial charge in [0.15, 0.2) is 0 Å². The molecule has 2 saturated heterocycles. The number of nitro groups is 1. The number of piperazine rings is 1. The fraction of sp³-hybridized carbons (Fsp3) is 0.409. The Morgan fingerprint density at radius 3 is 2.10 bits per heavy atom. The Labute approximate surface area is 170 Å². The molecule has 2 heterocycles. The molecule has 152 valence electrons. The molecule has 2 aliphatic rings. The van der Waals surface area contributed by atoms with Gasteiger partial charge in [-0.1, -0.05) is 12.1 Å². The zero-order valence-corrected chi connectivity index (χ0v) is 16.7. The molecule has 0 unspecified atom stereocenters. The summed E-state index contributed by atoms with van der Waals surface area (Å²) in [7, 11) is 0. The van der Waals surface area contributed by atoms with Crippen molar-refractivity contribution in [2.45, 2.75) is 19.8 Å². The van der Waals surface area contributed by atoms with E-state index < -0.39 is 4.92 Å². The van der Waals surface area contributed by atoms with Crippen LogP contribution in [-0.2, 0) is 0 Å². The topological polar surface area (TPSA) is 69.9 Å². The Bertz CT molecular complexity index is 916. The standard InChI is InChI=1S/C22H26N4O3/c1-17-5-4-6-18(15-17)23-11-13-24(14-12-23)19-7-8-21(26(28)29)20(16-19)22(27)25-9-2-3-10-25/h4-8,15-16H,2-3,9-14H2,1H3. The molecule has 0 bridgehead atoms. The smallest absolute Gasteiger partial charge is 0.282 e. The van der Waals surface area contributed by atoms with Crippen molar-refractivity contribution in [2.75, 3.05) is 49.1 Å². The number of hydrogen-bond donors (Lipinski definition) is 0.